The highest BCUT2D eigenvalue weighted by Gasteiger charge is 2.33. The summed E-state index contributed by atoms with van der Waals surface area (Å²) in [6.07, 6.45) is 0. The maximum Gasteiger partial charge on any atom is 0.138 e. The zero-order valence-electron chi connectivity index (χ0n) is 10.7. The van der Waals surface area contributed by atoms with E-state index in [9.17, 15) is 10.2 Å². The van der Waals surface area contributed by atoms with E-state index in [1.165, 1.54) is 0 Å². The van der Waals surface area contributed by atoms with Crippen LogP contribution in [-0.4, -0.2) is 16.8 Å². The van der Waals surface area contributed by atoms with Crippen molar-refractivity contribution in [1.29, 1.82) is 0 Å². The summed E-state index contributed by atoms with van der Waals surface area (Å²) in [5.41, 5.74) is 2.11. The Balaban J connectivity index is 2.63. The number of rotatable bonds is 3. The number of aliphatic hydroxyl groups excluding tert-OH is 1. The van der Waals surface area contributed by atoms with E-state index in [2.05, 4.69) is 0 Å². The summed E-state index contributed by atoms with van der Waals surface area (Å²) in [6.45, 7) is 3.55. The monoisotopic (exact) mass is 242 g/mol. The number of aliphatic hydroxyl groups is 2. The molecule has 0 aliphatic carbocycles. The minimum absolute atomic E-state index is 0.331. The Bertz CT molecular complexity index is 501. The van der Waals surface area contributed by atoms with Crippen LogP contribution in [0.2, 0.25) is 0 Å². The molecule has 0 spiro atoms. The molecule has 2 aromatic rings. The summed E-state index contributed by atoms with van der Waals surface area (Å²) >= 11 is 0. The molecule has 0 heterocycles. The quantitative estimate of drug-likeness (QED) is 0.868. The van der Waals surface area contributed by atoms with Crippen LogP contribution in [-0.2, 0) is 5.60 Å². The van der Waals surface area contributed by atoms with Crippen molar-refractivity contribution in [2.24, 2.45) is 0 Å². The van der Waals surface area contributed by atoms with E-state index < -0.39 is 5.60 Å². The van der Waals surface area contributed by atoms with Crippen LogP contribution in [0.25, 0.3) is 0 Å². The van der Waals surface area contributed by atoms with Crippen molar-refractivity contribution in [2.75, 3.05) is 6.61 Å². The Kier molecular flexibility index (Phi) is 3.50. The normalized spacial score (nSPS) is 11.6. The van der Waals surface area contributed by atoms with Crippen molar-refractivity contribution < 1.29 is 10.2 Å². The van der Waals surface area contributed by atoms with Crippen LogP contribution in [0.4, 0.5) is 0 Å². The molecule has 2 aromatic carbocycles. The largest absolute Gasteiger partial charge is 0.393 e. The minimum atomic E-state index is -1.34. The molecule has 0 radical (unpaired) electrons. The SMILES string of the molecule is Cc1ccccc1C(O)(CO)c1ccccc1C. The van der Waals surface area contributed by atoms with Crippen molar-refractivity contribution in [1.82, 2.24) is 0 Å². The molecule has 0 saturated carbocycles. The van der Waals surface area contributed by atoms with E-state index in [0.29, 0.717) is 0 Å². The molecule has 2 rings (SSSR count). The molecule has 0 aliphatic rings. The van der Waals surface area contributed by atoms with Crippen molar-refractivity contribution in [3.05, 3.63) is 70.8 Å². The molecule has 2 heteroatoms. The van der Waals surface area contributed by atoms with Crippen LogP contribution < -0.4 is 0 Å². The molecule has 0 amide bonds. The maximum absolute atomic E-state index is 10.9. The van der Waals surface area contributed by atoms with Gasteiger partial charge in [0.25, 0.3) is 0 Å². The van der Waals surface area contributed by atoms with E-state index in [1.54, 1.807) is 0 Å². The molecule has 0 aromatic heterocycles. The molecular formula is C16H18O2. The summed E-state index contributed by atoms with van der Waals surface area (Å²) < 4.78 is 0. The fraction of sp³-hybridized carbons (Fsp3) is 0.250. The van der Waals surface area contributed by atoms with E-state index in [0.717, 1.165) is 22.3 Å². The first-order valence-corrected chi connectivity index (χ1v) is 6.05. The summed E-state index contributed by atoms with van der Waals surface area (Å²) in [4.78, 5) is 0. The number of hydrogen-bond donors (Lipinski definition) is 2. The smallest absolute Gasteiger partial charge is 0.138 e. The zero-order valence-corrected chi connectivity index (χ0v) is 10.7. The van der Waals surface area contributed by atoms with Gasteiger partial charge in [-0.1, -0.05) is 48.5 Å². The van der Waals surface area contributed by atoms with Crippen LogP contribution in [0.3, 0.4) is 0 Å². The number of aryl methyl sites for hydroxylation is 2. The van der Waals surface area contributed by atoms with Gasteiger partial charge in [0.2, 0.25) is 0 Å². The van der Waals surface area contributed by atoms with Gasteiger partial charge in [0, 0.05) is 0 Å². The van der Waals surface area contributed by atoms with Crippen LogP contribution in [0.1, 0.15) is 22.3 Å². The van der Waals surface area contributed by atoms with Gasteiger partial charge < -0.3 is 10.2 Å². The Hall–Kier alpha value is -1.64. The Labute approximate surface area is 108 Å². The first-order valence-electron chi connectivity index (χ1n) is 6.05. The molecule has 0 saturated heterocycles. The molecule has 0 fully saturated rings. The molecule has 0 atom stereocenters. The van der Waals surface area contributed by atoms with Crippen molar-refractivity contribution in [3.8, 4) is 0 Å². The van der Waals surface area contributed by atoms with Crippen LogP contribution in [0, 0.1) is 13.8 Å². The molecule has 2 nitrogen and oxygen atoms in total. The second-order valence-corrected chi connectivity index (χ2v) is 4.65. The highest BCUT2D eigenvalue weighted by atomic mass is 16.3. The van der Waals surface area contributed by atoms with Gasteiger partial charge >= 0.3 is 0 Å². The fourth-order valence-electron chi connectivity index (χ4n) is 2.39. The van der Waals surface area contributed by atoms with Gasteiger partial charge in [-0.2, -0.15) is 0 Å². The van der Waals surface area contributed by atoms with E-state index in [-0.39, 0.29) is 6.61 Å². The van der Waals surface area contributed by atoms with E-state index in [4.69, 9.17) is 0 Å². The average Bonchev–Trinajstić information content (AvgIpc) is 2.39. The third-order valence-electron chi connectivity index (χ3n) is 3.41. The summed E-state index contributed by atoms with van der Waals surface area (Å²) in [7, 11) is 0. The summed E-state index contributed by atoms with van der Waals surface area (Å²) in [5.74, 6) is 0. The molecule has 18 heavy (non-hydrogen) atoms. The third kappa shape index (κ3) is 2.05. The van der Waals surface area contributed by atoms with Gasteiger partial charge in [-0.3, -0.25) is 0 Å². The second kappa shape index (κ2) is 4.92. The summed E-state index contributed by atoms with van der Waals surface area (Å²) in [5, 5.41) is 20.6. The van der Waals surface area contributed by atoms with Gasteiger partial charge in [-0.15, -0.1) is 0 Å². The fourth-order valence-corrected chi connectivity index (χ4v) is 2.39. The number of benzene rings is 2. The summed E-state index contributed by atoms with van der Waals surface area (Å²) in [6, 6.07) is 15.2. The lowest BCUT2D eigenvalue weighted by molar-refractivity contribution is 0.0163. The predicted molar refractivity (Wildman–Crippen MR) is 72.4 cm³/mol. The Morgan fingerprint density at radius 1 is 0.833 bits per heavy atom. The van der Waals surface area contributed by atoms with Crippen molar-refractivity contribution in [3.63, 3.8) is 0 Å². The lowest BCUT2D eigenvalue weighted by atomic mass is 9.82. The van der Waals surface area contributed by atoms with Gasteiger partial charge in [-0.05, 0) is 36.1 Å². The van der Waals surface area contributed by atoms with Gasteiger partial charge in [0.05, 0.1) is 6.61 Å². The molecule has 2 N–H and O–H groups in total. The standard InChI is InChI=1S/C16H18O2/c1-12-7-3-5-9-14(12)16(18,11-17)15-10-6-4-8-13(15)2/h3-10,17-18H,11H2,1-2H3. The van der Waals surface area contributed by atoms with Crippen molar-refractivity contribution in [2.45, 2.75) is 19.4 Å². The topological polar surface area (TPSA) is 40.5 Å². The van der Waals surface area contributed by atoms with Crippen LogP contribution >= 0.6 is 0 Å². The van der Waals surface area contributed by atoms with Crippen molar-refractivity contribution >= 4 is 0 Å². The second-order valence-electron chi connectivity index (χ2n) is 4.65. The first kappa shape index (κ1) is 12.8. The van der Waals surface area contributed by atoms with Crippen LogP contribution in [0.15, 0.2) is 48.5 Å². The first-order chi connectivity index (χ1) is 8.59. The third-order valence-corrected chi connectivity index (χ3v) is 3.41. The Morgan fingerprint density at radius 2 is 1.22 bits per heavy atom. The molecular weight excluding hydrogens is 224 g/mol. The zero-order chi connectivity index (χ0) is 13.2. The van der Waals surface area contributed by atoms with E-state index >= 15 is 0 Å². The molecule has 0 aliphatic heterocycles. The Morgan fingerprint density at radius 3 is 1.56 bits per heavy atom. The molecule has 94 valence electrons. The number of hydrogen-bond acceptors (Lipinski definition) is 2. The molecule has 0 unspecified atom stereocenters. The maximum atomic E-state index is 10.9. The van der Waals surface area contributed by atoms with E-state index in [1.807, 2.05) is 62.4 Å². The predicted octanol–water partition coefficient (Wildman–Crippen LogP) is 2.53. The van der Waals surface area contributed by atoms with Gasteiger partial charge in [0.1, 0.15) is 5.60 Å². The van der Waals surface area contributed by atoms with Gasteiger partial charge in [-0.25, -0.2) is 0 Å². The van der Waals surface area contributed by atoms with Gasteiger partial charge in [0.15, 0.2) is 0 Å². The highest BCUT2D eigenvalue weighted by Crippen LogP contribution is 2.33. The highest BCUT2D eigenvalue weighted by molar-refractivity contribution is 5.43. The minimum Gasteiger partial charge on any atom is -0.393 e. The lowest BCUT2D eigenvalue weighted by Gasteiger charge is -2.30. The molecule has 0 bridgehead atoms. The average molecular weight is 242 g/mol. The lowest BCUT2D eigenvalue weighted by Crippen LogP contribution is -2.33. The van der Waals surface area contributed by atoms with Crippen LogP contribution in [0.5, 0.6) is 0 Å².